The number of carbonyl (C=O) groups excluding carboxylic acids is 2. The first-order valence-electron chi connectivity index (χ1n) is 10.7. The summed E-state index contributed by atoms with van der Waals surface area (Å²) in [6, 6.07) is 16.9. The lowest BCUT2D eigenvalue weighted by Gasteiger charge is -2.25. The Hall–Kier alpha value is -3.19. The number of piperidine rings is 1. The van der Waals surface area contributed by atoms with Crippen LogP contribution in [0, 0.1) is 0 Å². The number of hydrogen-bond donors (Lipinski definition) is 2. The van der Waals surface area contributed by atoms with Crippen molar-refractivity contribution in [2.75, 3.05) is 26.2 Å². The molecule has 31 heavy (non-hydrogen) atoms. The highest BCUT2D eigenvalue weighted by Gasteiger charge is 2.13. The molecule has 0 saturated carbocycles. The fourth-order valence-corrected chi connectivity index (χ4v) is 3.44. The standard InChI is InChI=1S/C24H30N4O3/c1-19(21-8-4-2-5-9-21)26-24(30)18-31-22-12-10-20(11-13-22)16-25-27-23(29)17-28-14-6-3-7-15-28/h2,4-5,8-13,16,19H,3,6-7,14-15,17-18H2,1H3,(H,26,30)(H,27,29)/b25-16+. The number of carbonyl (C=O) groups is 2. The summed E-state index contributed by atoms with van der Waals surface area (Å²) in [7, 11) is 0. The van der Waals surface area contributed by atoms with Gasteiger partial charge >= 0.3 is 0 Å². The molecule has 2 aromatic rings. The van der Waals surface area contributed by atoms with Crippen molar-refractivity contribution >= 4 is 18.0 Å². The molecular weight excluding hydrogens is 392 g/mol. The minimum absolute atomic E-state index is 0.0584. The second-order valence-corrected chi connectivity index (χ2v) is 7.69. The number of amides is 2. The van der Waals surface area contributed by atoms with Crippen molar-refractivity contribution in [3.63, 3.8) is 0 Å². The zero-order valence-electron chi connectivity index (χ0n) is 17.9. The molecule has 1 aliphatic rings. The van der Waals surface area contributed by atoms with Gasteiger partial charge in [-0.05, 0) is 68.2 Å². The molecule has 0 radical (unpaired) electrons. The predicted molar refractivity (Wildman–Crippen MR) is 121 cm³/mol. The van der Waals surface area contributed by atoms with Crippen molar-refractivity contribution in [2.24, 2.45) is 5.10 Å². The lowest BCUT2D eigenvalue weighted by atomic mass is 10.1. The van der Waals surface area contributed by atoms with E-state index in [1.165, 1.54) is 6.42 Å². The molecule has 0 bridgehead atoms. The number of benzene rings is 2. The van der Waals surface area contributed by atoms with E-state index in [0.29, 0.717) is 12.3 Å². The van der Waals surface area contributed by atoms with E-state index in [0.717, 1.165) is 37.1 Å². The van der Waals surface area contributed by atoms with E-state index in [-0.39, 0.29) is 24.5 Å². The first-order chi connectivity index (χ1) is 15.1. The summed E-state index contributed by atoms with van der Waals surface area (Å²) in [5.41, 5.74) is 4.44. The van der Waals surface area contributed by atoms with E-state index < -0.39 is 0 Å². The zero-order chi connectivity index (χ0) is 21.9. The highest BCUT2D eigenvalue weighted by molar-refractivity contribution is 5.83. The smallest absolute Gasteiger partial charge is 0.258 e. The molecule has 1 aliphatic heterocycles. The molecule has 7 nitrogen and oxygen atoms in total. The maximum absolute atomic E-state index is 12.1. The van der Waals surface area contributed by atoms with Gasteiger partial charge in [0.15, 0.2) is 6.61 Å². The summed E-state index contributed by atoms with van der Waals surface area (Å²) in [4.78, 5) is 26.2. The fraction of sp³-hybridized carbons (Fsp3) is 0.375. The van der Waals surface area contributed by atoms with Crippen LogP contribution >= 0.6 is 0 Å². The van der Waals surface area contributed by atoms with Gasteiger partial charge in [0, 0.05) is 0 Å². The molecule has 1 unspecified atom stereocenters. The fourth-order valence-electron chi connectivity index (χ4n) is 3.44. The zero-order valence-corrected chi connectivity index (χ0v) is 17.9. The van der Waals surface area contributed by atoms with Crippen LogP contribution < -0.4 is 15.5 Å². The van der Waals surface area contributed by atoms with E-state index in [4.69, 9.17) is 4.74 Å². The summed E-state index contributed by atoms with van der Waals surface area (Å²) in [5.74, 6) is 0.307. The number of ether oxygens (including phenoxy) is 1. The third-order valence-electron chi connectivity index (χ3n) is 5.15. The van der Waals surface area contributed by atoms with Crippen LogP contribution in [-0.2, 0) is 9.59 Å². The molecule has 3 rings (SSSR count). The van der Waals surface area contributed by atoms with Crippen LogP contribution in [0.3, 0.4) is 0 Å². The first-order valence-corrected chi connectivity index (χ1v) is 10.7. The SMILES string of the molecule is CC(NC(=O)COc1ccc(/C=N/NC(=O)CN2CCCCC2)cc1)c1ccccc1. The van der Waals surface area contributed by atoms with E-state index in [1.54, 1.807) is 18.3 Å². The van der Waals surface area contributed by atoms with Crippen LogP contribution in [0.15, 0.2) is 59.7 Å². The van der Waals surface area contributed by atoms with Gasteiger partial charge < -0.3 is 10.1 Å². The quantitative estimate of drug-likeness (QED) is 0.481. The summed E-state index contributed by atoms with van der Waals surface area (Å²) in [6.45, 7) is 4.21. The van der Waals surface area contributed by atoms with Crippen LogP contribution in [0.5, 0.6) is 5.75 Å². The molecule has 1 atom stereocenters. The number of hydrazone groups is 1. The van der Waals surface area contributed by atoms with Crippen molar-refractivity contribution in [2.45, 2.75) is 32.2 Å². The number of nitrogens with zero attached hydrogens (tertiary/aromatic N) is 2. The molecule has 1 saturated heterocycles. The molecule has 1 fully saturated rings. The molecular formula is C24H30N4O3. The van der Waals surface area contributed by atoms with Crippen molar-refractivity contribution in [1.29, 1.82) is 0 Å². The maximum Gasteiger partial charge on any atom is 0.258 e. The van der Waals surface area contributed by atoms with Gasteiger partial charge in [-0.25, -0.2) is 5.43 Å². The van der Waals surface area contributed by atoms with Crippen molar-refractivity contribution in [3.8, 4) is 5.75 Å². The first kappa shape index (κ1) is 22.5. The Labute approximate surface area is 183 Å². The minimum Gasteiger partial charge on any atom is -0.484 e. The van der Waals surface area contributed by atoms with E-state index >= 15 is 0 Å². The maximum atomic E-state index is 12.1. The molecule has 2 aromatic carbocycles. The Morgan fingerprint density at radius 2 is 1.74 bits per heavy atom. The summed E-state index contributed by atoms with van der Waals surface area (Å²) < 4.78 is 5.56. The number of nitrogens with one attached hydrogen (secondary N) is 2. The van der Waals surface area contributed by atoms with Crippen molar-refractivity contribution in [1.82, 2.24) is 15.6 Å². The second-order valence-electron chi connectivity index (χ2n) is 7.69. The largest absolute Gasteiger partial charge is 0.484 e. The van der Waals surface area contributed by atoms with E-state index in [9.17, 15) is 9.59 Å². The summed E-state index contributed by atoms with van der Waals surface area (Å²) in [6.07, 6.45) is 5.14. The van der Waals surface area contributed by atoms with Gasteiger partial charge in [-0.1, -0.05) is 36.8 Å². The average molecular weight is 423 g/mol. The van der Waals surface area contributed by atoms with Gasteiger partial charge in [0.2, 0.25) is 0 Å². The van der Waals surface area contributed by atoms with Gasteiger partial charge in [-0.15, -0.1) is 0 Å². The lowest BCUT2D eigenvalue weighted by molar-refractivity contribution is -0.124. The average Bonchev–Trinajstić information content (AvgIpc) is 2.80. The van der Waals surface area contributed by atoms with Gasteiger partial charge in [-0.3, -0.25) is 14.5 Å². The van der Waals surface area contributed by atoms with Gasteiger partial charge in [0.1, 0.15) is 5.75 Å². The van der Waals surface area contributed by atoms with Gasteiger partial charge in [0.05, 0.1) is 18.8 Å². The van der Waals surface area contributed by atoms with E-state index in [1.807, 2.05) is 49.4 Å². The highest BCUT2D eigenvalue weighted by atomic mass is 16.5. The van der Waals surface area contributed by atoms with Crippen LogP contribution in [0.1, 0.15) is 43.4 Å². The predicted octanol–water partition coefficient (Wildman–Crippen LogP) is 2.88. The van der Waals surface area contributed by atoms with Crippen molar-refractivity contribution in [3.05, 3.63) is 65.7 Å². The normalized spacial score (nSPS) is 15.4. The summed E-state index contributed by atoms with van der Waals surface area (Å²) >= 11 is 0. The molecule has 2 N–H and O–H groups in total. The highest BCUT2D eigenvalue weighted by Crippen LogP contribution is 2.13. The molecule has 0 spiro atoms. The third-order valence-corrected chi connectivity index (χ3v) is 5.15. The van der Waals surface area contributed by atoms with Crippen LogP contribution in [0.25, 0.3) is 0 Å². The Morgan fingerprint density at radius 1 is 1.03 bits per heavy atom. The minimum atomic E-state index is -0.182. The molecule has 1 heterocycles. The Kier molecular flexibility index (Phi) is 8.60. The molecule has 0 aliphatic carbocycles. The Morgan fingerprint density at radius 3 is 2.45 bits per heavy atom. The van der Waals surface area contributed by atoms with Gasteiger partial charge in [-0.2, -0.15) is 5.10 Å². The molecule has 164 valence electrons. The van der Waals surface area contributed by atoms with Crippen LogP contribution in [0.2, 0.25) is 0 Å². The lowest BCUT2D eigenvalue weighted by Crippen LogP contribution is -2.38. The molecule has 2 amide bonds. The number of rotatable bonds is 9. The van der Waals surface area contributed by atoms with Crippen LogP contribution in [0.4, 0.5) is 0 Å². The Balaban J connectivity index is 1.37. The molecule has 7 heteroatoms. The second kappa shape index (κ2) is 11.9. The Bertz CT molecular complexity index is 862. The topological polar surface area (TPSA) is 83.0 Å². The number of hydrogen-bond acceptors (Lipinski definition) is 5. The number of likely N-dealkylation sites (tertiary alicyclic amines) is 1. The third kappa shape index (κ3) is 7.86. The summed E-state index contributed by atoms with van der Waals surface area (Å²) in [5, 5.41) is 6.93. The van der Waals surface area contributed by atoms with Gasteiger partial charge in [0.25, 0.3) is 11.8 Å². The van der Waals surface area contributed by atoms with Crippen molar-refractivity contribution < 1.29 is 14.3 Å². The monoisotopic (exact) mass is 422 g/mol. The van der Waals surface area contributed by atoms with Crippen LogP contribution in [-0.4, -0.2) is 49.2 Å². The van der Waals surface area contributed by atoms with E-state index in [2.05, 4.69) is 20.7 Å². The molecule has 0 aromatic heterocycles.